The van der Waals surface area contributed by atoms with Crippen molar-refractivity contribution in [2.24, 2.45) is 5.73 Å². The number of nitrogens with two attached hydrogens (primary N) is 1. The third kappa shape index (κ3) is 4.43. The molecular formula is C23H28N2O6S. The molecule has 0 radical (unpaired) electrons. The Balaban J connectivity index is 1.96. The van der Waals surface area contributed by atoms with E-state index in [0.717, 1.165) is 5.56 Å². The van der Waals surface area contributed by atoms with Crippen molar-refractivity contribution in [3.8, 4) is 11.5 Å². The number of benzene rings is 2. The minimum absolute atomic E-state index is 0.190. The number of aryl methyl sites for hydroxylation is 2. The smallest absolute Gasteiger partial charge is 0.255 e. The summed E-state index contributed by atoms with van der Waals surface area (Å²) in [5.74, 6) is -0.683. The van der Waals surface area contributed by atoms with Crippen molar-refractivity contribution in [2.75, 3.05) is 19.0 Å². The molecule has 0 spiro atoms. The summed E-state index contributed by atoms with van der Waals surface area (Å²) in [6.45, 7) is 3.20. The Hall–Kier alpha value is -3.07. The zero-order valence-electron chi connectivity index (χ0n) is 18.4. The van der Waals surface area contributed by atoms with E-state index >= 15 is 0 Å². The topological polar surface area (TPSA) is 125 Å². The predicted molar refractivity (Wildman–Crippen MR) is 121 cm³/mol. The second kappa shape index (κ2) is 9.20. The Morgan fingerprint density at radius 1 is 1.06 bits per heavy atom. The van der Waals surface area contributed by atoms with Gasteiger partial charge < -0.3 is 20.5 Å². The Bertz CT molecular complexity index is 1140. The predicted octanol–water partition coefficient (Wildman–Crippen LogP) is 2.90. The third-order valence-corrected chi connectivity index (χ3v) is 8.41. The Morgan fingerprint density at radius 2 is 1.75 bits per heavy atom. The molecule has 0 aromatic heterocycles. The van der Waals surface area contributed by atoms with Gasteiger partial charge >= 0.3 is 0 Å². The number of amides is 2. The molecule has 2 aromatic rings. The fraction of sp³-hybridized carbons (Fsp3) is 0.391. The minimum Gasteiger partial charge on any atom is -0.493 e. The summed E-state index contributed by atoms with van der Waals surface area (Å²) < 4.78 is 36.5. The van der Waals surface area contributed by atoms with Gasteiger partial charge in [-0.05, 0) is 56.0 Å². The molecule has 8 nitrogen and oxygen atoms in total. The highest BCUT2D eigenvalue weighted by Gasteiger charge is 2.53. The van der Waals surface area contributed by atoms with Gasteiger partial charge in [0.05, 0.1) is 12.0 Å². The lowest BCUT2D eigenvalue weighted by atomic mass is 10.1. The number of methoxy groups -OCH3 is 1. The van der Waals surface area contributed by atoms with Crippen molar-refractivity contribution in [3.63, 3.8) is 0 Å². The van der Waals surface area contributed by atoms with E-state index in [9.17, 15) is 18.0 Å². The molecule has 0 saturated heterocycles. The van der Waals surface area contributed by atoms with E-state index in [0.29, 0.717) is 29.8 Å². The average Bonchev–Trinajstić information content (AvgIpc) is 3.26. The molecule has 2 amide bonds. The van der Waals surface area contributed by atoms with Crippen LogP contribution in [0.2, 0.25) is 0 Å². The highest BCUT2D eigenvalue weighted by molar-refractivity contribution is 7.93. The van der Waals surface area contributed by atoms with Crippen LogP contribution in [-0.2, 0) is 19.4 Å². The Labute approximate surface area is 188 Å². The van der Waals surface area contributed by atoms with E-state index in [1.165, 1.54) is 13.2 Å². The van der Waals surface area contributed by atoms with Gasteiger partial charge in [0.2, 0.25) is 5.91 Å². The van der Waals surface area contributed by atoms with Crippen LogP contribution in [0, 0.1) is 13.8 Å². The second-order valence-corrected chi connectivity index (χ2v) is 10.3. The van der Waals surface area contributed by atoms with E-state index < -0.39 is 26.4 Å². The normalized spacial score (nSPS) is 15.2. The van der Waals surface area contributed by atoms with Gasteiger partial charge in [-0.1, -0.05) is 25.0 Å². The van der Waals surface area contributed by atoms with E-state index in [-0.39, 0.29) is 30.1 Å². The first-order valence-corrected chi connectivity index (χ1v) is 11.8. The maximum Gasteiger partial charge on any atom is 0.255 e. The van der Waals surface area contributed by atoms with Crippen molar-refractivity contribution >= 4 is 27.3 Å². The fourth-order valence-electron chi connectivity index (χ4n) is 4.03. The van der Waals surface area contributed by atoms with Gasteiger partial charge in [0.25, 0.3) is 5.91 Å². The third-order valence-electron chi connectivity index (χ3n) is 5.76. The summed E-state index contributed by atoms with van der Waals surface area (Å²) in [5, 5.41) is 2.74. The Morgan fingerprint density at radius 3 is 2.38 bits per heavy atom. The van der Waals surface area contributed by atoms with Crippen molar-refractivity contribution in [3.05, 3.63) is 47.5 Å². The molecule has 172 valence electrons. The van der Waals surface area contributed by atoms with E-state index in [2.05, 4.69) is 5.32 Å². The summed E-state index contributed by atoms with van der Waals surface area (Å²) in [4.78, 5) is 24.7. The lowest BCUT2D eigenvalue weighted by Crippen LogP contribution is -2.47. The van der Waals surface area contributed by atoms with Crippen molar-refractivity contribution in [1.82, 2.24) is 0 Å². The molecule has 9 heteroatoms. The maximum absolute atomic E-state index is 13.7. The Kier molecular flexibility index (Phi) is 6.78. The highest BCUT2D eigenvalue weighted by Crippen LogP contribution is 2.42. The van der Waals surface area contributed by atoms with Crippen LogP contribution >= 0.6 is 0 Å². The number of nitrogens with one attached hydrogen (secondary N) is 1. The molecule has 1 fully saturated rings. The molecule has 0 bridgehead atoms. The highest BCUT2D eigenvalue weighted by atomic mass is 32.2. The van der Waals surface area contributed by atoms with Gasteiger partial charge in [-0.15, -0.1) is 0 Å². The lowest BCUT2D eigenvalue weighted by Gasteiger charge is -2.28. The van der Waals surface area contributed by atoms with Gasteiger partial charge in [-0.2, -0.15) is 0 Å². The summed E-state index contributed by atoms with van der Waals surface area (Å²) in [7, 11) is -2.51. The van der Waals surface area contributed by atoms with E-state index in [4.69, 9.17) is 15.2 Å². The number of ether oxygens (including phenoxy) is 2. The first-order valence-electron chi connectivity index (χ1n) is 10.3. The van der Waals surface area contributed by atoms with Crippen LogP contribution < -0.4 is 20.5 Å². The molecule has 0 heterocycles. The number of hydrogen-bond donors (Lipinski definition) is 2. The van der Waals surface area contributed by atoms with Crippen molar-refractivity contribution < 1.29 is 27.5 Å². The van der Waals surface area contributed by atoms with Crippen molar-refractivity contribution in [1.29, 1.82) is 0 Å². The van der Waals surface area contributed by atoms with Gasteiger partial charge in [-0.25, -0.2) is 8.42 Å². The fourth-order valence-corrected chi connectivity index (χ4v) is 6.41. The standard InChI is InChI=1S/C23H28N2O6S/c1-15-6-7-16(2)20(12-15)32(28,29)23(10-4-5-11-23)22(27)25-17-8-9-18(30-3)19(13-17)31-14-21(24)26/h6-9,12-13H,4-5,10-11,14H2,1-3H3,(H2,24,26)(H,25,27). The van der Waals surface area contributed by atoms with Gasteiger partial charge in [0, 0.05) is 11.8 Å². The number of sulfone groups is 1. The van der Waals surface area contributed by atoms with E-state index in [1.807, 2.05) is 13.0 Å². The lowest BCUT2D eigenvalue weighted by molar-refractivity contribution is -0.120. The molecule has 2 aromatic carbocycles. The monoisotopic (exact) mass is 460 g/mol. The zero-order valence-corrected chi connectivity index (χ0v) is 19.3. The molecule has 1 saturated carbocycles. The summed E-state index contributed by atoms with van der Waals surface area (Å²) >= 11 is 0. The first-order chi connectivity index (χ1) is 15.1. The van der Waals surface area contributed by atoms with Gasteiger partial charge in [-0.3, -0.25) is 9.59 Å². The SMILES string of the molecule is COc1ccc(NC(=O)C2(S(=O)(=O)c3cc(C)ccc3C)CCCC2)cc1OCC(N)=O. The van der Waals surface area contributed by atoms with Crippen LogP contribution in [0.4, 0.5) is 5.69 Å². The van der Waals surface area contributed by atoms with Gasteiger partial charge in [0.1, 0.15) is 0 Å². The number of anilines is 1. The number of primary amides is 1. The van der Waals surface area contributed by atoms with Crippen LogP contribution in [-0.4, -0.2) is 38.7 Å². The number of carbonyl (C=O) groups is 2. The molecule has 32 heavy (non-hydrogen) atoms. The molecular weight excluding hydrogens is 432 g/mol. The zero-order chi connectivity index (χ0) is 23.5. The molecule has 0 aliphatic heterocycles. The number of carbonyl (C=O) groups excluding carboxylic acids is 2. The van der Waals surface area contributed by atoms with E-state index in [1.54, 1.807) is 31.2 Å². The summed E-state index contributed by atoms with van der Waals surface area (Å²) in [6, 6.07) is 9.86. The summed E-state index contributed by atoms with van der Waals surface area (Å²) in [6.07, 6.45) is 1.78. The molecule has 3 N–H and O–H groups in total. The van der Waals surface area contributed by atoms with Crippen LogP contribution in [0.5, 0.6) is 11.5 Å². The van der Waals surface area contributed by atoms with Crippen LogP contribution in [0.1, 0.15) is 36.8 Å². The summed E-state index contributed by atoms with van der Waals surface area (Å²) in [5.41, 5.74) is 6.89. The van der Waals surface area contributed by atoms with Gasteiger partial charge in [0.15, 0.2) is 32.7 Å². The average molecular weight is 461 g/mol. The molecule has 1 aliphatic rings. The number of hydrogen-bond acceptors (Lipinski definition) is 6. The molecule has 0 atom stereocenters. The maximum atomic E-state index is 13.7. The minimum atomic E-state index is -3.95. The van der Waals surface area contributed by atoms with Crippen LogP contribution in [0.3, 0.4) is 0 Å². The number of rotatable bonds is 8. The quantitative estimate of drug-likeness (QED) is 0.624. The molecule has 0 unspecified atom stereocenters. The largest absolute Gasteiger partial charge is 0.493 e. The molecule has 3 rings (SSSR count). The van der Waals surface area contributed by atoms with Crippen LogP contribution in [0.25, 0.3) is 0 Å². The molecule has 1 aliphatic carbocycles. The second-order valence-electron chi connectivity index (χ2n) is 8.05. The first kappa shape index (κ1) is 23.6. The van der Waals surface area contributed by atoms with Crippen LogP contribution in [0.15, 0.2) is 41.3 Å². The van der Waals surface area contributed by atoms with Crippen molar-refractivity contribution in [2.45, 2.75) is 49.2 Å².